The van der Waals surface area contributed by atoms with E-state index in [9.17, 15) is 22.3 Å². The Morgan fingerprint density at radius 2 is 1.83 bits per heavy atom. The van der Waals surface area contributed by atoms with Crippen molar-refractivity contribution in [1.82, 2.24) is 14.6 Å². The first-order valence-electron chi connectivity index (χ1n) is 11.5. The molecule has 36 heavy (non-hydrogen) atoms. The van der Waals surface area contributed by atoms with E-state index in [-0.39, 0.29) is 29.7 Å². The Kier molecular flexibility index (Phi) is 8.47. The SMILES string of the molecule is Cn1cc(-c2cc(CCNS(=O)[O-])ccc2Oc2ccc(F)cc2F)c(OC2CCNCC2)cc1=O. The second-order valence-corrected chi connectivity index (χ2v) is 9.21. The molecule has 1 atom stereocenters. The average molecular weight is 519 g/mol. The third-order valence-electron chi connectivity index (χ3n) is 5.85. The molecule has 1 aromatic heterocycles. The van der Waals surface area contributed by atoms with Crippen LogP contribution in [0.1, 0.15) is 18.4 Å². The monoisotopic (exact) mass is 518 g/mol. The van der Waals surface area contributed by atoms with E-state index in [1.807, 2.05) is 0 Å². The second kappa shape index (κ2) is 11.7. The van der Waals surface area contributed by atoms with E-state index in [1.54, 1.807) is 31.4 Å². The molecule has 1 aliphatic rings. The lowest BCUT2D eigenvalue weighted by molar-refractivity contribution is 0.163. The van der Waals surface area contributed by atoms with Crippen LogP contribution in [-0.4, -0.2) is 39.1 Å². The Hall–Kier alpha value is -3.12. The van der Waals surface area contributed by atoms with Crippen LogP contribution in [0.5, 0.6) is 17.2 Å². The first-order chi connectivity index (χ1) is 17.3. The van der Waals surface area contributed by atoms with Crippen LogP contribution >= 0.6 is 0 Å². The van der Waals surface area contributed by atoms with Gasteiger partial charge in [0.05, 0.1) is 0 Å². The molecule has 0 radical (unpaired) electrons. The molecule has 2 aromatic carbocycles. The summed E-state index contributed by atoms with van der Waals surface area (Å²) in [6.45, 7) is 1.77. The number of hydrogen-bond donors (Lipinski definition) is 2. The van der Waals surface area contributed by atoms with E-state index >= 15 is 0 Å². The number of halogens is 2. The second-order valence-electron chi connectivity index (χ2n) is 8.45. The standard InChI is InChI=1S/C25H27F2N3O5S/c1-30-15-20(24(14-25(30)31)34-18-7-9-28-10-8-18)19-12-16(6-11-29-36(32)33)2-4-22(19)35-23-5-3-17(26)13-21(23)27/h2-5,12-15,18,28-29H,6-11H2,1H3,(H,32,33)/p-1. The molecule has 4 rings (SSSR count). The van der Waals surface area contributed by atoms with E-state index in [1.165, 1.54) is 16.7 Å². The number of ether oxygens (including phenoxy) is 2. The maximum atomic E-state index is 14.4. The normalized spacial score (nSPS) is 15.0. The van der Waals surface area contributed by atoms with Crippen molar-refractivity contribution in [2.75, 3.05) is 19.6 Å². The molecule has 1 saturated heterocycles. The fourth-order valence-electron chi connectivity index (χ4n) is 3.99. The van der Waals surface area contributed by atoms with Crippen molar-refractivity contribution in [1.29, 1.82) is 0 Å². The number of nitrogens with one attached hydrogen (secondary N) is 2. The predicted octanol–water partition coefficient (Wildman–Crippen LogP) is 3.18. The summed E-state index contributed by atoms with van der Waals surface area (Å²) in [5.41, 5.74) is 1.58. The third kappa shape index (κ3) is 6.55. The summed E-state index contributed by atoms with van der Waals surface area (Å²) in [4.78, 5) is 12.5. The Labute approximate surface area is 209 Å². The molecular formula is C25H26F2N3O5S-. The maximum absolute atomic E-state index is 14.4. The van der Waals surface area contributed by atoms with Crippen molar-refractivity contribution in [3.8, 4) is 28.4 Å². The summed E-state index contributed by atoms with van der Waals surface area (Å²) >= 11 is -2.39. The minimum Gasteiger partial charge on any atom is -0.760 e. The summed E-state index contributed by atoms with van der Waals surface area (Å²) in [6, 6.07) is 9.57. The van der Waals surface area contributed by atoms with Gasteiger partial charge in [0, 0.05) is 54.3 Å². The fourth-order valence-corrected chi connectivity index (χ4v) is 4.26. The maximum Gasteiger partial charge on any atom is 0.254 e. The van der Waals surface area contributed by atoms with Gasteiger partial charge in [0.15, 0.2) is 11.6 Å². The Bertz CT molecular complexity index is 1310. The van der Waals surface area contributed by atoms with Crippen molar-refractivity contribution in [3.63, 3.8) is 0 Å². The van der Waals surface area contributed by atoms with Crippen LogP contribution in [0.25, 0.3) is 11.1 Å². The highest BCUT2D eigenvalue weighted by molar-refractivity contribution is 7.77. The summed E-state index contributed by atoms with van der Waals surface area (Å²) in [5, 5.41) is 3.27. The molecule has 192 valence electrons. The molecule has 0 aliphatic carbocycles. The molecule has 8 nitrogen and oxygen atoms in total. The number of aromatic nitrogens is 1. The predicted molar refractivity (Wildman–Crippen MR) is 131 cm³/mol. The highest BCUT2D eigenvalue weighted by Gasteiger charge is 2.21. The quantitative estimate of drug-likeness (QED) is 0.422. The van der Waals surface area contributed by atoms with Crippen molar-refractivity contribution < 1.29 is 27.0 Å². The zero-order valence-corrected chi connectivity index (χ0v) is 20.4. The van der Waals surface area contributed by atoms with Crippen LogP contribution in [0, 0.1) is 11.6 Å². The molecule has 0 spiro atoms. The number of nitrogens with zero attached hydrogens (tertiary/aromatic N) is 1. The lowest BCUT2D eigenvalue weighted by Crippen LogP contribution is -2.34. The van der Waals surface area contributed by atoms with Gasteiger partial charge in [-0.2, -0.15) is 0 Å². The number of piperidine rings is 1. The molecule has 0 bridgehead atoms. The zero-order valence-electron chi connectivity index (χ0n) is 19.6. The van der Waals surface area contributed by atoms with Crippen molar-refractivity contribution >= 4 is 11.3 Å². The van der Waals surface area contributed by atoms with E-state index in [0.29, 0.717) is 23.3 Å². The van der Waals surface area contributed by atoms with Gasteiger partial charge in [0.25, 0.3) is 5.56 Å². The van der Waals surface area contributed by atoms with Gasteiger partial charge in [-0.25, -0.2) is 13.5 Å². The van der Waals surface area contributed by atoms with Gasteiger partial charge in [0.2, 0.25) is 0 Å². The highest BCUT2D eigenvalue weighted by Crippen LogP contribution is 2.39. The topological polar surface area (TPSA) is 105 Å². The van der Waals surface area contributed by atoms with E-state index in [0.717, 1.165) is 43.6 Å². The number of aryl methyl sites for hydroxylation is 1. The lowest BCUT2D eigenvalue weighted by atomic mass is 10.0. The fraction of sp³-hybridized carbons (Fsp3) is 0.320. The Balaban J connectivity index is 1.78. The molecule has 2 N–H and O–H groups in total. The molecule has 1 fully saturated rings. The van der Waals surface area contributed by atoms with Crippen LogP contribution in [0.3, 0.4) is 0 Å². The molecule has 11 heteroatoms. The van der Waals surface area contributed by atoms with Crippen LogP contribution in [0.4, 0.5) is 8.78 Å². The number of rotatable bonds is 9. The van der Waals surface area contributed by atoms with Crippen molar-refractivity contribution in [3.05, 3.63) is 76.2 Å². The molecule has 2 heterocycles. The van der Waals surface area contributed by atoms with Gasteiger partial charge in [0.1, 0.15) is 23.4 Å². The molecule has 1 aliphatic heterocycles. The minimum atomic E-state index is -2.39. The number of pyridine rings is 1. The summed E-state index contributed by atoms with van der Waals surface area (Å²) in [5.74, 6) is -1.13. The zero-order chi connectivity index (χ0) is 25.7. The average Bonchev–Trinajstić information content (AvgIpc) is 2.84. The first kappa shape index (κ1) is 26.0. The smallest absolute Gasteiger partial charge is 0.254 e. The molecular weight excluding hydrogens is 492 g/mol. The van der Waals surface area contributed by atoms with E-state index in [2.05, 4.69) is 10.0 Å². The lowest BCUT2D eigenvalue weighted by Gasteiger charge is -2.25. The van der Waals surface area contributed by atoms with Crippen molar-refractivity contribution in [2.24, 2.45) is 7.05 Å². The van der Waals surface area contributed by atoms with Gasteiger partial charge < -0.3 is 23.9 Å². The molecule has 0 amide bonds. The van der Waals surface area contributed by atoms with Gasteiger partial charge in [-0.1, -0.05) is 6.07 Å². The first-order valence-corrected chi connectivity index (χ1v) is 12.5. The molecule has 0 saturated carbocycles. The third-order valence-corrected chi connectivity index (χ3v) is 6.29. The Morgan fingerprint density at radius 3 is 2.56 bits per heavy atom. The number of benzene rings is 2. The summed E-state index contributed by atoms with van der Waals surface area (Å²) in [6.07, 6.45) is 3.46. The van der Waals surface area contributed by atoms with Gasteiger partial charge in [-0.3, -0.25) is 9.00 Å². The molecule has 1 unspecified atom stereocenters. The van der Waals surface area contributed by atoms with Gasteiger partial charge in [-0.05, 0) is 62.2 Å². The minimum absolute atomic E-state index is 0.0876. The van der Waals surface area contributed by atoms with Crippen LogP contribution in [-0.2, 0) is 24.7 Å². The highest BCUT2D eigenvalue weighted by atomic mass is 32.2. The van der Waals surface area contributed by atoms with E-state index < -0.39 is 22.9 Å². The van der Waals surface area contributed by atoms with Gasteiger partial charge in [-0.15, -0.1) is 0 Å². The van der Waals surface area contributed by atoms with Crippen LogP contribution < -0.4 is 25.1 Å². The molecule has 3 aromatic rings. The van der Waals surface area contributed by atoms with Gasteiger partial charge >= 0.3 is 0 Å². The number of hydrogen-bond acceptors (Lipinski definition) is 6. The summed E-state index contributed by atoms with van der Waals surface area (Å²) in [7, 11) is 1.61. The summed E-state index contributed by atoms with van der Waals surface area (Å²) < 4.78 is 65.3. The van der Waals surface area contributed by atoms with Crippen LogP contribution in [0.2, 0.25) is 0 Å². The van der Waals surface area contributed by atoms with Crippen molar-refractivity contribution in [2.45, 2.75) is 25.4 Å². The van der Waals surface area contributed by atoms with Crippen LogP contribution in [0.15, 0.2) is 53.5 Å². The largest absolute Gasteiger partial charge is 0.760 e. The Morgan fingerprint density at radius 1 is 1.08 bits per heavy atom. The van der Waals surface area contributed by atoms with E-state index in [4.69, 9.17) is 9.47 Å².